The van der Waals surface area contributed by atoms with Crippen molar-refractivity contribution in [3.05, 3.63) is 34.5 Å². The maximum absolute atomic E-state index is 12.3. The number of nitrogens with zero attached hydrogens (tertiary/aromatic N) is 1. The highest BCUT2D eigenvalue weighted by Crippen LogP contribution is 2.30. The second-order valence-corrected chi connectivity index (χ2v) is 6.43. The van der Waals surface area contributed by atoms with Crippen LogP contribution in [0.1, 0.15) is 43.0 Å². The molecule has 108 valence electrons. The molecule has 1 aromatic heterocycles. The molecule has 0 aliphatic carbocycles. The van der Waals surface area contributed by atoms with Crippen molar-refractivity contribution in [2.24, 2.45) is 0 Å². The number of ether oxygens (including phenoxy) is 1. The maximum Gasteiger partial charge on any atom is 0.419 e. The molecule has 0 radical (unpaired) electrons. The van der Waals surface area contributed by atoms with Crippen molar-refractivity contribution in [3.63, 3.8) is 0 Å². The Morgan fingerprint density at radius 1 is 1.00 bits per heavy atom. The quantitative estimate of drug-likeness (QED) is 0.699. The second-order valence-electron chi connectivity index (χ2n) is 6.43. The zero-order valence-electron chi connectivity index (χ0n) is 13.4. The van der Waals surface area contributed by atoms with E-state index in [4.69, 9.17) is 4.74 Å². The van der Waals surface area contributed by atoms with Gasteiger partial charge in [-0.2, -0.15) is 0 Å². The van der Waals surface area contributed by atoms with E-state index in [9.17, 15) is 4.79 Å². The van der Waals surface area contributed by atoms with Crippen molar-refractivity contribution in [2.75, 3.05) is 0 Å². The lowest BCUT2D eigenvalue weighted by Crippen LogP contribution is -2.26. The van der Waals surface area contributed by atoms with E-state index in [0.717, 1.165) is 16.5 Å². The minimum absolute atomic E-state index is 0.321. The monoisotopic (exact) mass is 273 g/mol. The molecule has 0 N–H and O–H groups in total. The molecule has 0 saturated heterocycles. The summed E-state index contributed by atoms with van der Waals surface area (Å²) in [6.07, 6.45) is 1.48. The Labute approximate surface area is 120 Å². The maximum atomic E-state index is 12.3. The van der Waals surface area contributed by atoms with Crippen LogP contribution in [0, 0.1) is 27.7 Å². The molecule has 0 fully saturated rings. The lowest BCUT2D eigenvalue weighted by atomic mass is 9.96. The molecule has 2 rings (SSSR count). The summed E-state index contributed by atoms with van der Waals surface area (Å²) in [6.45, 7) is 14.0. The van der Waals surface area contributed by atoms with E-state index in [2.05, 4.69) is 27.7 Å². The molecule has 3 heteroatoms. The van der Waals surface area contributed by atoms with E-state index in [1.165, 1.54) is 16.7 Å². The van der Waals surface area contributed by atoms with Crippen LogP contribution in [0.15, 0.2) is 12.3 Å². The molecule has 0 unspecified atom stereocenters. The third-order valence-corrected chi connectivity index (χ3v) is 3.92. The smallest absolute Gasteiger partial charge is 0.419 e. The average molecular weight is 273 g/mol. The third kappa shape index (κ3) is 2.33. The summed E-state index contributed by atoms with van der Waals surface area (Å²) in [6, 6.07) is 1.99. The molecule has 0 saturated carbocycles. The van der Waals surface area contributed by atoms with Gasteiger partial charge in [-0.05, 0) is 76.8 Å². The number of carbonyl (C=O) groups is 1. The lowest BCUT2D eigenvalue weighted by molar-refractivity contribution is 0.0544. The molecular formula is C17H23NO2. The Morgan fingerprint density at radius 3 is 2.10 bits per heavy atom. The first-order valence-corrected chi connectivity index (χ1v) is 6.94. The van der Waals surface area contributed by atoms with Crippen LogP contribution in [0.4, 0.5) is 4.79 Å². The van der Waals surface area contributed by atoms with Crippen molar-refractivity contribution < 1.29 is 9.53 Å². The number of aryl methyl sites for hydroxylation is 2. The van der Waals surface area contributed by atoms with Crippen molar-refractivity contribution in [3.8, 4) is 0 Å². The second kappa shape index (κ2) is 4.65. The van der Waals surface area contributed by atoms with Crippen LogP contribution in [0.5, 0.6) is 0 Å². The normalized spacial score (nSPS) is 11.9. The first-order chi connectivity index (χ1) is 9.13. The minimum Gasteiger partial charge on any atom is -0.443 e. The number of aromatic nitrogens is 1. The van der Waals surface area contributed by atoms with Gasteiger partial charge in [0.25, 0.3) is 0 Å². The van der Waals surface area contributed by atoms with Gasteiger partial charge < -0.3 is 4.74 Å². The van der Waals surface area contributed by atoms with Crippen molar-refractivity contribution in [1.82, 2.24) is 4.57 Å². The molecular weight excluding hydrogens is 250 g/mol. The van der Waals surface area contributed by atoms with E-state index in [1.807, 2.05) is 26.8 Å². The number of carbonyl (C=O) groups excluding carboxylic acids is 1. The predicted octanol–water partition coefficient (Wildman–Crippen LogP) is 4.66. The summed E-state index contributed by atoms with van der Waals surface area (Å²) in [7, 11) is 0. The number of hydrogen-bond donors (Lipinski definition) is 0. The summed E-state index contributed by atoms with van der Waals surface area (Å²) in [5, 5.41) is 1.12. The lowest BCUT2D eigenvalue weighted by Gasteiger charge is -2.20. The van der Waals surface area contributed by atoms with E-state index >= 15 is 0 Å². The topological polar surface area (TPSA) is 31.2 Å². The number of benzene rings is 1. The van der Waals surface area contributed by atoms with Crippen LogP contribution in [0.25, 0.3) is 10.9 Å². The van der Waals surface area contributed by atoms with Gasteiger partial charge in [0.15, 0.2) is 0 Å². The Morgan fingerprint density at radius 2 is 1.55 bits per heavy atom. The van der Waals surface area contributed by atoms with Crippen LogP contribution in [0.2, 0.25) is 0 Å². The number of hydrogen-bond acceptors (Lipinski definition) is 2. The van der Waals surface area contributed by atoms with Gasteiger partial charge in [0.05, 0.1) is 5.52 Å². The highest BCUT2D eigenvalue weighted by Gasteiger charge is 2.21. The fraction of sp³-hybridized carbons (Fsp3) is 0.471. The van der Waals surface area contributed by atoms with Crippen LogP contribution in [0.3, 0.4) is 0 Å². The molecule has 2 aromatic rings. The van der Waals surface area contributed by atoms with Gasteiger partial charge in [-0.25, -0.2) is 4.79 Å². The summed E-state index contributed by atoms with van der Waals surface area (Å²) >= 11 is 0. The fourth-order valence-electron chi connectivity index (χ4n) is 2.52. The first kappa shape index (κ1) is 14.6. The molecule has 0 amide bonds. The molecule has 0 bridgehead atoms. The molecule has 20 heavy (non-hydrogen) atoms. The SMILES string of the molecule is Cc1c(C)c(C)c2c(ccn2C(=O)OC(C)(C)C)c1C. The molecule has 0 aliphatic heterocycles. The molecule has 3 nitrogen and oxygen atoms in total. The van der Waals surface area contributed by atoms with Gasteiger partial charge in [-0.3, -0.25) is 4.57 Å². The summed E-state index contributed by atoms with van der Waals surface area (Å²) in [5.74, 6) is 0. The highest BCUT2D eigenvalue weighted by molar-refractivity contribution is 5.95. The van der Waals surface area contributed by atoms with Crippen LogP contribution in [-0.4, -0.2) is 16.3 Å². The van der Waals surface area contributed by atoms with Gasteiger partial charge in [0.1, 0.15) is 5.60 Å². The minimum atomic E-state index is -0.490. The van der Waals surface area contributed by atoms with Crippen LogP contribution < -0.4 is 0 Å². The Hall–Kier alpha value is -1.77. The highest BCUT2D eigenvalue weighted by atomic mass is 16.6. The van der Waals surface area contributed by atoms with Crippen molar-refractivity contribution in [2.45, 2.75) is 54.1 Å². The van der Waals surface area contributed by atoms with Crippen LogP contribution in [-0.2, 0) is 4.74 Å². The molecule has 0 spiro atoms. The predicted molar refractivity (Wildman–Crippen MR) is 82.5 cm³/mol. The Kier molecular flexibility index (Phi) is 3.41. The summed E-state index contributed by atoms with van der Waals surface area (Å²) < 4.78 is 7.10. The molecule has 1 heterocycles. The number of fused-ring (bicyclic) bond motifs is 1. The largest absolute Gasteiger partial charge is 0.443 e. The third-order valence-electron chi connectivity index (χ3n) is 3.92. The van der Waals surface area contributed by atoms with E-state index in [1.54, 1.807) is 10.8 Å². The molecule has 1 aromatic carbocycles. The van der Waals surface area contributed by atoms with Gasteiger partial charge in [0.2, 0.25) is 0 Å². The standard InChI is InChI=1S/C17H23NO2/c1-10-11(2)13(4)15-14(12(10)3)8-9-18(15)16(19)20-17(5,6)7/h8-9H,1-7H3. The van der Waals surface area contributed by atoms with Crippen LogP contribution >= 0.6 is 0 Å². The Bertz CT molecular complexity index is 687. The molecule has 0 aliphatic rings. The molecule has 0 atom stereocenters. The number of rotatable bonds is 0. The van der Waals surface area contributed by atoms with E-state index in [0.29, 0.717) is 0 Å². The zero-order valence-corrected chi connectivity index (χ0v) is 13.4. The van der Waals surface area contributed by atoms with E-state index < -0.39 is 5.60 Å². The fourth-order valence-corrected chi connectivity index (χ4v) is 2.52. The first-order valence-electron chi connectivity index (χ1n) is 6.94. The van der Waals surface area contributed by atoms with Crippen molar-refractivity contribution >= 4 is 17.0 Å². The zero-order chi connectivity index (χ0) is 15.2. The van der Waals surface area contributed by atoms with Gasteiger partial charge in [-0.15, -0.1) is 0 Å². The van der Waals surface area contributed by atoms with Crippen molar-refractivity contribution in [1.29, 1.82) is 0 Å². The Balaban J connectivity index is 2.66. The summed E-state index contributed by atoms with van der Waals surface area (Å²) in [4.78, 5) is 12.3. The van der Waals surface area contributed by atoms with E-state index in [-0.39, 0.29) is 6.09 Å². The van der Waals surface area contributed by atoms with Gasteiger partial charge >= 0.3 is 6.09 Å². The summed E-state index contributed by atoms with van der Waals surface area (Å²) in [5.41, 5.74) is 5.36. The average Bonchev–Trinajstić information content (AvgIpc) is 2.76. The van der Waals surface area contributed by atoms with Gasteiger partial charge in [0, 0.05) is 11.6 Å². The van der Waals surface area contributed by atoms with Gasteiger partial charge in [-0.1, -0.05) is 0 Å².